The molecular formula is C13H18N2. The molecular weight excluding hydrogens is 184 g/mol. The van der Waals surface area contributed by atoms with Gasteiger partial charge in [-0.3, -0.25) is 0 Å². The molecule has 2 nitrogen and oxygen atoms in total. The largest absolute Gasteiger partial charge is 0.316 e. The van der Waals surface area contributed by atoms with Crippen LogP contribution in [0.5, 0.6) is 0 Å². The highest BCUT2D eigenvalue weighted by molar-refractivity contribution is 5.52. The molecule has 0 bridgehead atoms. The summed E-state index contributed by atoms with van der Waals surface area (Å²) in [6.45, 7) is 3.06. The van der Waals surface area contributed by atoms with Crippen LogP contribution in [-0.2, 0) is 13.0 Å². The summed E-state index contributed by atoms with van der Waals surface area (Å²) in [6.07, 6.45) is 5.49. The Hall–Kier alpha value is -1.12. The van der Waals surface area contributed by atoms with Gasteiger partial charge in [-0.15, -0.1) is 0 Å². The van der Waals surface area contributed by atoms with E-state index in [-0.39, 0.29) is 0 Å². The van der Waals surface area contributed by atoms with Crippen molar-refractivity contribution < 1.29 is 0 Å². The number of benzene rings is 1. The third-order valence-electron chi connectivity index (χ3n) is 2.75. The molecule has 2 rings (SSSR count). The van der Waals surface area contributed by atoms with Crippen molar-refractivity contribution in [2.75, 3.05) is 20.1 Å². The molecule has 1 aliphatic heterocycles. The van der Waals surface area contributed by atoms with Gasteiger partial charge in [0.25, 0.3) is 0 Å². The minimum atomic E-state index is 0.929. The van der Waals surface area contributed by atoms with Crippen molar-refractivity contribution in [3.05, 3.63) is 41.0 Å². The predicted molar refractivity (Wildman–Crippen MR) is 64.8 cm³/mol. The minimum Gasteiger partial charge on any atom is -0.316 e. The fraction of sp³-hybridized carbons (Fsp3) is 0.385. The summed E-state index contributed by atoms with van der Waals surface area (Å²) in [6, 6.07) is 6.74. The lowest BCUT2D eigenvalue weighted by Crippen LogP contribution is -2.23. The van der Waals surface area contributed by atoms with E-state index in [9.17, 15) is 0 Å². The van der Waals surface area contributed by atoms with Crippen molar-refractivity contribution in [3.8, 4) is 0 Å². The Bertz CT molecular complexity index is 356. The second kappa shape index (κ2) is 5.10. The van der Waals surface area contributed by atoms with Crippen LogP contribution in [0.1, 0.15) is 16.7 Å². The van der Waals surface area contributed by atoms with Gasteiger partial charge in [-0.05, 0) is 36.7 Å². The van der Waals surface area contributed by atoms with Crippen LogP contribution in [0.15, 0.2) is 24.3 Å². The van der Waals surface area contributed by atoms with Gasteiger partial charge in [0.2, 0.25) is 0 Å². The average molecular weight is 202 g/mol. The summed E-state index contributed by atoms with van der Waals surface area (Å²) >= 11 is 0. The molecule has 0 fully saturated rings. The smallest absolute Gasteiger partial charge is 0.0208 e. The van der Waals surface area contributed by atoms with Gasteiger partial charge in [0.05, 0.1) is 0 Å². The Morgan fingerprint density at radius 3 is 3.20 bits per heavy atom. The van der Waals surface area contributed by atoms with Crippen LogP contribution in [0.2, 0.25) is 0 Å². The van der Waals surface area contributed by atoms with Gasteiger partial charge >= 0.3 is 0 Å². The molecule has 0 aliphatic carbocycles. The van der Waals surface area contributed by atoms with Gasteiger partial charge in [0, 0.05) is 13.1 Å². The first-order valence-electron chi connectivity index (χ1n) is 5.54. The highest BCUT2D eigenvalue weighted by Gasteiger charge is 2.07. The van der Waals surface area contributed by atoms with E-state index in [4.69, 9.17) is 0 Å². The first-order valence-corrected chi connectivity index (χ1v) is 5.54. The molecule has 15 heavy (non-hydrogen) atoms. The molecule has 1 heterocycles. The number of hydrogen-bond acceptors (Lipinski definition) is 2. The van der Waals surface area contributed by atoms with Crippen LogP contribution in [-0.4, -0.2) is 20.1 Å². The van der Waals surface area contributed by atoms with Crippen LogP contribution < -0.4 is 10.6 Å². The van der Waals surface area contributed by atoms with Crippen molar-refractivity contribution >= 4 is 6.08 Å². The molecule has 1 aliphatic rings. The zero-order chi connectivity index (χ0) is 10.5. The van der Waals surface area contributed by atoms with E-state index in [1.54, 1.807) is 0 Å². The van der Waals surface area contributed by atoms with E-state index in [1.807, 2.05) is 7.05 Å². The molecule has 0 aromatic heterocycles. The summed E-state index contributed by atoms with van der Waals surface area (Å²) in [5.74, 6) is 0. The first kappa shape index (κ1) is 10.4. The van der Waals surface area contributed by atoms with Crippen molar-refractivity contribution in [1.29, 1.82) is 0 Å². The number of likely N-dealkylation sites (N-methyl/N-ethyl adjacent to an activating group) is 1. The quantitative estimate of drug-likeness (QED) is 0.777. The molecule has 0 unspecified atom stereocenters. The molecule has 0 atom stereocenters. The molecule has 0 spiro atoms. The summed E-state index contributed by atoms with van der Waals surface area (Å²) in [5, 5.41) is 6.49. The van der Waals surface area contributed by atoms with E-state index in [1.165, 1.54) is 16.7 Å². The van der Waals surface area contributed by atoms with Gasteiger partial charge < -0.3 is 10.6 Å². The normalized spacial score (nSPS) is 15.5. The third-order valence-corrected chi connectivity index (χ3v) is 2.75. The number of hydrogen-bond donors (Lipinski definition) is 2. The van der Waals surface area contributed by atoms with Crippen LogP contribution in [0.4, 0.5) is 0 Å². The Balaban J connectivity index is 2.13. The van der Waals surface area contributed by atoms with E-state index < -0.39 is 0 Å². The molecule has 0 radical (unpaired) electrons. The van der Waals surface area contributed by atoms with Gasteiger partial charge in [-0.25, -0.2) is 0 Å². The van der Waals surface area contributed by atoms with Gasteiger partial charge in [-0.1, -0.05) is 30.4 Å². The summed E-state index contributed by atoms with van der Waals surface area (Å²) in [4.78, 5) is 0. The SMILES string of the molecule is CNCC=Cc1ccc2c(c1)CCNC2. The summed E-state index contributed by atoms with van der Waals surface area (Å²) in [5.41, 5.74) is 4.26. The fourth-order valence-corrected chi connectivity index (χ4v) is 1.91. The zero-order valence-corrected chi connectivity index (χ0v) is 9.22. The van der Waals surface area contributed by atoms with Gasteiger partial charge in [-0.2, -0.15) is 0 Å². The fourth-order valence-electron chi connectivity index (χ4n) is 1.91. The lowest BCUT2D eigenvalue weighted by Gasteiger charge is -2.17. The lowest BCUT2D eigenvalue weighted by molar-refractivity contribution is 0.643. The van der Waals surface area contributed by atoms with E-state index in [0.717, 1.165) is 26.1 Å². The molecule has 2 N–H and O–H groups in total. The van der Waals surface area contributed by atoms with Crippen molar-refractivity contribution in [2.45, 2.75) is 13.0 Å². The lowest BCUT2D eigenvalue weighted by atomic mass is 9.98. The van der Waals surface area contributed by atoms with Crippen molar-refractivity contribution in [1.82, 2.24) is 10.6 Å². The van der Waals surface area contributed by atoms with Crippen LogP contribution in [0.25, 0.3) is 6.08 Å². The Kier molecular flexibility index (Phi) is 3.54. The Morgan fingerprint density at radius 1 is 1.40 bits per heavy atom. The Labute approximate surface area is 91.4 Å². The Morgan fingerprint density at radius 2 is 2.33 bits per heavy atom. The average Bonchev–Trinajstić information content (AvgIpc) is 2.29. The maximum atomic E-state index is 3.38. The maximum Gasteiger partial charge on any atom is 0.0208 e. The van der Waals surface area contributed by atoms with Gasteiger partial charge in [0.1, 0.15) is 0 Å². The van der Waals surface area contributed by atoms with E-state index in [0.29, 0.717) is 0 Å². The number of rotatable bonds is 3. The predicted octanol–water partition coefficient (Wildman–Crippen LogP) is 1.56. The molecule has 0 saturated carbocycles. The first-order chi connectivity index (χ1) is 7.40. The maximum absolute atomic E-state index is 3.38. The number of fused-ring (bicyclic) bond motifs is 1. The van der Waals surface area contributed by atoms with Gasteiger partial charge in [0.15, 0.2) is 0 Å². The molecule has 0 amide bonds. The summed E-state index contributed by atoms with van der Waals surface area (Å²) < 4.78 is 0. The molecule has 80 valence electrons. The zero-order valence-electron chi connectivity index (χ0n) is 9.22. The second-order valence-corrected chi connectivity index (χ2v) is 3.91. The van der Waals surface area contributed by atoms with Crippen LogP contribution in [0.3, 0.4) is 0 Å². The van der Waals surface area contributed by atoms with Crippen LogP contribution >= 0.6 is 0 Å². The highest BCUT2D eigenvalue weighted by atomic mass is 14.9. The van der Waals surface area contributed by atoms with E-state index >= 15 is 0 Å². The van der Waals surface area contributed by atoms with Crippen molar-refractivity contribution in [2.24, 2.45) is 0 Å². The second-order valence-electron chi connectivity index (χ2n) is 3.91. The number of nitrogens with one attached hydrogen (secondary N) is 2. The van der Waals surface area contributed by atoms with E-state index in [2.05, 4.69) is 41.0 Å². The standard InChI is InChI=1S/C13H18N2/c1-14-7-2-3-11-4-5-13-10-15-8-6-12(13)9-11/h2-5,9,14-15H,6-8,10H2,1H3. The molecule has 1 aromatic carbocycles. The highest BCUT2D eigenvalue weighted by Crippen LogP contribution is 2.16. The molecule has 0 saturated heterocycles. The monoisotopic (exact) mass is 202 g/mol. The molecule has 2 heteroatoms. The third kappa shape index (κ3) is 2.67. The minimum absolute atomic E-state index is 0.929. The molecule has 1 aromatic rings. The summed E-state index contributed by atoms with van der Waals surface area (Å²) in [7, 11) is 1.96. The van der Waals surface area contributed by atoms with Crippen molar-refractivity contribution in [3.63, 3.8) is 0 Å². The topological polar surface area (TPSA) is 24.1 Å². The van der Waals surface area contributed by atoms with Crippen LogP contribution in [0, 0.1) is 0 Å².